The van der Waals surface area contributed by atoms with Crippen molar-refractivity contribution in [1.29, 1.82) is 0 Å². The maximum Gasteiger partial charge on any atom is 0.236 e. The van der Waals surface area contributed by atoms with Crippen LogP contribution in [0.4, 0.5) is 0 Å². The molecule has 0 aromatic carbocycles. The molecule has 1 amide bonds. The lowest BCUT2D eigenvalue weighted by Gasteiger charge is -2.42. The molecular weight excluding hydrogens is 222 g/mol. The molecule has 0 aromatic heterocycles. The van der Waals surface area contributed by atoms with Gasteiger partial charge in [-0.1, -0.05) is 11.6 Å². The molecule has 1 saturated carbocycles. The monoisotopic (exact) mass is 243 g/mol. The third-order valence-electron chi connectivity index (χ3n) is 3.19. The molecule has 1 fully saturated rings. The van der Waals surface area contributed by atoms with E-state index in [4.69, 9.17) is 10.9 Å². The second-order valence-electron chi connectivity index (χ2n) is 5.39. The lowest BCUT2D eigenvalue weighted by molar-refractivity contribution is -0.143. The molecular formula is C11H21N3O3. The third kappa shape index (κ3) is 2.69. The van der Waals surface area contributed by atoms with E-state index in [1.807, 2.05) is 0 Å². The number of amides is 1. The Kier molecular flexibility index (Phi) is 3.66. The van der Waals surface area contributed by atoms with Gasteiger partial charge in [0.2, 0.25) is 5.91 Å². The van der Waals surface area contributed by atoms with Gasteiger partial charge < -0.3 is 20.9 Å². The molecule has 6 heteroatoms. The quantitative estimate of drug-likeness (QED) is 0.283. The zero-order chi connectivity index (χ0) is 13.3. The van der Waals surface area contributed by atoms with E-state index in [1.165, 1.54) is 4.90 Å². The molecule has 98 valence electrons. The van der Waals surface area contributed by atoms with Gasteiger partial charge in [-0.3, -0.25) is 4.79 Å². The smallest absolute Gasteiger partial charge is 0.236 e. The number of likely N-dealkylation sites (N-methyl/N-ethyl adjacent to an activating group) is 1. The number of aliphatic hydroxyl groups is 1. The van der Waals surface area contributed by atoms with Crippen LogP contribution in [0.25, 0.3) is 0 Å². The maximum atomic E-state index is 12.3. The second-order valence-corrected chi connectivity index (χ2v) is 5.39. The van der Waals surface area contributed by atoms with Crippen LogP contribution < -0.4 is 5.73 Å². The number of oxime groups is 1. The number of hydrogen-bond donors (Lipinski definition) is 3. The summed E-state index contributed by atoms with van der Waals surface area (Å²) in [6.07, 6.45) is 2.08. The molecule has 1 aliphatic rings. The van der Waals surface area contributed by atoms with Gasteiger partial charge in [-0.2, -0.15) is 0 Å². The largest absolute Gasteiger partial charge is 0.409 e. The van der Waals surface area contributed by atoms with Crippen LogP contribution >= 0.6 is 0 Å². The Morgan fingerprint density at radius 1 is 1.53 bits per heavy atom. The van der Waals surface area contributed by atoms with E-state index in [0.29, 0.717) is 12.8 Å². The van der Waals surface area contributed by atoms with Gasteiger partial charge in [-0.15, -0.1) is 0 Å². The Morgan fingerprint density at radius 2 is 2.06 bits per heavy atom. The van der Waals surface area contributed by atoms with Crippen molar-refractivity contribution in [3.05, 3.63) is 0 Å². The molecule has 0 radical (unpaired) electrons. The highest BCUT2D eigenvalue weighted by molar-refractivity contribution is 6.07. The molecule has 0 saturated heterocycles. The predicted octanol–water partition coefficient (Wildman–Crippen LogP) is 0.132. The van der Waals surface area contributed by atoms with Gasteiger partial charge in [0.15, 0.2) is 5.84 Å². The van der Waals surface area contributed by atoms with E-state index >= 15 is 0 Å². The van der Waals surface area contributed by atoms with Crippen molar-refractivity contribution < 1.29 is 15.1 Å². The summed E-state index contributed by atoms with van der Waals surface area (Å²) in [5, 5.41) is 21.4. The first kappa shape index (κ1) is 13.8. The number of amidine groups is 1. The van der Waals surface area contributed by atoms with Crippen molar-refractivity contribution in [1.82, 2.24) is 4.90 Å². The van der Waals surface area contributed by atoms with Crippen molar-refractivity contribution in [2.24, 2.45) is 16.3 Å². The number of hydrogen-bond acceptors (Lipinski definition) is 4. The average Bonchev–Trinajstić information content (AvgIpc) is 2.12. The topological polar surface area (TPSA) is 99.2 Å². The fourth-order valence-electron chi connectivity index (χ4n) is 2.22. The molecule has 0 aromatic rings. The lowest BCUT2D eigenvalue weighted by atomic mass is 9.67. The SMILES string of the molecule is CN(CC(C)(C)O)C(=O)C1(C(N)=NO)CCC1. The molecule has 0 bridgehead atoms. The van der Waals surface area contributed by atoms with E-state index in [-0.39, 0.29) is 18.3 Å². The molecule has 0 spiro atoms. The van der Waals surface area contributed by atoms with Gasteiger partial charge >= 0.3 is 0 Å². The minimum absolute atomic E-state index is 0.0312. The number of nitrogens with two attached hydrogens (primary N) is 1. The minimum atomic E-state index is -0.958. The number of carbonyl (C=O) groups is 1. The Labute approximate surface area is 101 Å². The van der Waals surface area contributed by atoms with Gasteiger partial charge in [0.25, 0.3) is 0 Å². The highest BCUT2D eigenvalue weighted by Crippen LogP contribution is 2.42. The predicted molar refractivity (Wildman–Crippen MR) is 63.6 cm³/mol. The molecule has 0 heterocycles. The van der Waals surface area contributed by atoms with E-state index < -0.39 is 11.0 Å². The van der Waals surface area contributed by atoms with Crippen molar-refractivity contribution in [2.45, 2.75) is 38.7 Å². The summed E-state index contributed by atoms with van der Waals surface area (Å²) >= 11 is 0. The Morgan fingerprint density at radius 3 is 2.35 bits per heavy atom. The van der Waals surface area contributed by atoms with Crippen LogP contribution in [0.5, 0.6) is 0 Å². The highest BCUT2D eigenvalue weighted by Gasteiger charge is 2.50. The molecule has 17 heavy (non-hydrogen) atoms. The van der Waals surface area contributed by atoms with E-state index in [2.05, 4.69) is 5.16 Å². The molecule has 1 aliphatic carbocycles. The van der Waals surface area contributed by atoms with Gasteiger partial charge in [-0.05, 0) is 26.7 Å². The molecule has 0 atom stereocenters. The number of carbonyl (C=O) groups excluding carboxylic acids is 1. The fourth-order valence-corrected chi connectivity index (χ4v) is 2.22. The van der Waals surface area contributed by atoms with Gasteiger partial charge in [-0.25, -0.2) is 0 Å². The highest BCUT2D eigenvalue weighted by atomic mass is 16.4. The summed E-state index contributed by atoms with van der Waals surface area (Å²) in [7, 11) is 1.62. The second kappa shape index (κ2) is 4.52. The van der Waals surface area contributed by atoms with Crippen LogP contribution in [0.1, 0.15) is 33.1 Å². The zero-order valence-corrected chi connectivity index (χ0v) is 10.6. The first-order valence-electron chi connectivity index (χ1n) is 5.69. The van der Waals surface area contributed by atoms with E-state index in [1.54, 1.807) is 20.9 Å². The molecule has 4 N–H and O–H groups in total. The average molecular weight is 243 g/mol. The summed E-state index contributed by atoms with van der Waals surface area (Å²) in [5.74, 6) is -0.225. The Balaban J connectivity index is 2.81. The molecule has 0 aliphatic heterocycles. The van der Waals surface area contributed by atoms with Crippen LogP contribution in [0.2, 0.25) is 0 Å². The Bertz CT molecular complexity index is 329. The molecule has 6 nitrogen and oxygen atoms in total. The fraction of sp³-hybridized carbons (Fsp3) is 0.818. The van der Waals surface area contributed by atoms with Crippen LogP contribution in [0.3, 0.4) is 0 Å². The Hall–Kier alpha value is -1.30. The van der Waals surface area contributed by atoms with Crippen LogP contribution in [-0.4, -0.2) is 46.1 Å². The van der Waals surface area contributed by atoms with Gasteiger partial charge in [0.05, 0.1) is 5.60 Å². The van der Waals surface area contributed by atoms with Gasteiger partial charge in [0, 0.05) is 13.6 Å². The standard InChI is InChI=1S/C11H21N3O3/c1-10(2,16)7-14(3)9(15)11(5-4-6-11)8(12)13-17/h16-17H,4-7H2,1-3H3,(H2,12,13). The summed E-state index contributed by atoms with van der Waals surface area (Å²) in [4.78, 5) is 13.7. The number of nitrogens with zero attached hydrogens (tertiary/aromatic N) is 2. The first-order valence-corrected chi connectivity index (χ1v) is 5.69. The van der Waals surface area contributed by atoms with Crippen LogP contribution in [-0.2, 0) is 4.79 Å². The minimum Gasteiger partial charge on any atom is -0.409 e. The van der Waals surface area contributed by atoms with Crippen LogP contribution in [0, 0.1) is 5.41 Å². The molecule has 1 rings (SSSR count). The zero-order valence-electron chi connectivity index (χ0n) is 10.6. The first-order chi connectivity index (χ1) is 7.73. The van der Waals surface area contributed by atoms with Crippen molar-refractivity contribution in [3.63, 3.8) is 0 Å². The summed E-state index contributed by atoms with van der Waals surface area (Å²) in [6, 6.07) is 0. The van der Waals surface area contributed by atoms with Crippen molar-refractivity contribution in [3.8, 4) is 0 Å². The lowest BCUT2D eigenvalue weighted by Crippen LogP contribution is -2.56. The maximum absolute atomic E-state index is 12.3. The van der Waals surface area contributed by atoms with Crippen molar-refractivity contribution >= 4 is 11.7 Å². The van der Waals surface area contributed by atoms with E-state index in [0.717, 1.165) is 6.42 Å². The summed E-state index contributed by atoms with van der Waals surface area (Å²) in [6.45, 7) is 3.48. The van der Waals surface area contributed by atoms with E-state index in [9.17, 15) is 9.90 Å². The summed E-state index contributed by atoms with van der Waals surface area (Å²) in [5.41, 5.74) is 3.78. The summed E-state index contributed by atoms with van der Waals surface area (Å²) < 4.78 is 0. The third-order valence-corrected chi connectivity index (χ3v) is 3.19. The normalized spacial score (nSPS) is 19.6. The number of rotatable bonds is 4. The van der Waals surface area contributed by atoms with Gasteiger partial charge in [0.1, 0.15) is 5.41 Å². The van der Waals surface area contributed by atoms with Crippen molar-refractivity contribution in [2.75, 3.05) is 13.6 Å². The van der Waals surface area contributed by atoms with Crippen LogP contribution in [0.15, 0.2) is 5.16 Å². The molecule has 0 unspecified atom stereocenters.